The molecule has 0 saturated heterocycles. The highest BCUT2D eigenvalue weighted by Crippen LogP contribution is 2.18. The van der Waals surface area contributed by atoms with Crippen molar-refractivity contribution >= 4 is 23.1 Å². The van der Waals surface area contributed by atoms with Crippen molar-refractivity contribution in [3.8, 4) is 11.4 Å². The van der Waals surface area contributed by atoms with Gasteiger partial charge in [-0.3, -0.25) is 0 Å². The number of isothiocyanates is 1. The van der Waals surface area contributed by atoms with Crippen LogP contribution in [0.5, 0.6) is 0 Å². The molecule has 0 aliphatic carbocycles. The maximum atomic E-state index is 4.63. The molecule has 0 amide bonds. The maximum Gasteiger partial charge on any atom is 0.214 e. The van der Waals surface area contributed by atoms with E-state index in [9.17, 15) is 0 Å². The van der Waals surface area contributed by atoms with E-state index in [1.807, 2.05) is 24.3 Å². The SMILES string of the molecule is S=C=Nc1ccc(-c2ncon2)cc1. The second kappa shape index (κ2) is 3.91. The summed E-state index contributed by atoms with van der Waals surface area (Å²) in [6.07, 6.45) is 1.29. The number of aromatic nitrogens is 2. The Kier molecular flexibility index (Phi) is 2.44. The molecule has 0 fully saturated rings. The van der Waals surface area contributed by atoms with Crippen LogP contribution in [0.3, 0.4) is 0 Å². The van der Waals surface area contributed by atoms with E-state index in [1.54, 1.807) is 0 Å². The smallest absolute Gasteiger partial charge is 0.214 e. The normalized spacial score (nSPS) is 9.43. The van der Waals surface area contributed by atoms with Crippen molar-refractivity contribution in [1.29, 1.82) is 0 Å². The molecule has 0 bridgehead atoms. The standard InChI is InChI=1S/C9H5N3OS/c14-6-11-8-3-1-7(2-4-8)9-10-5-13-12-9/h1-5H. The van der Waals surface area contributed by atoms with Crippen molar-refractivity contribution in [2.45, 2.75) is 0 Å². The van der Waals surface area contributed by atoms with Crippen LogP contribution in [0, 0.1) is 0 Å². The highest BCUT2D eigenvalue weighted by molar-refractivity contribution is 7.78. The average molecular weight is 203 g/mol. The predicted octanol–water partition coefficient (Wildman–Crippen LogP) is 2.47. The number of thiocarbonyl (C=S) groups is 1. The molecule has 0 aliphatic heterocycles. The molecule has 0 radical (unpaired) electrons. The van der Waals surface area contributed by atoms with Crippen molar-refractivity contribution in [2.75, 3.05) is 0 Å². The molecule has 14 heavy (non-hydrogen) atoms. The zero-order valence-electron chi connectivity index (χ0n) is 7.04. The van der Waals surface area contributed by atoms with Crippen LogP contribution in [-0.4, -0.2) is 15.3 Å². The van der Waals surface area contributed by atoms with Crippen LogP contribution < -0.4 is 0 Å². The summed E-state index contributed by atoms with van der Waals surface area (Å²) in [7, 11) is 0. The molecule has 68 valence electrons. The van der Waals surface area contributed by atoms with Crippen LogP contribution >= 0.6 is 12.2 Å². The summed E-state index contributed by atoms with van der Waals surface area (Å²) in [5, 5.41) is 6.01. The first-order chi connectivity index (χ1) is 6.90. The van der Waals surface area contributed by atoms with Gasteiger partial charge < -0.3 is 4.52 Å². The van der Waals surface area contributed by atoms with Gasteiger partial charge in [0.05, 0.1) is 10.8 Å². The van der Waals surface area contributed by atoms with Gasteiger partial charge in [-0.1, -0.05) is 5.16 Å². The molecule has 2 aromatic rings. The first-order valence-corrected chi connectivity index (χ1v) is 4.25. The number of hydrogen-bond acceptors (Lipinski definition) is 5. The Balaban J connectivity index is 2.35. The molecule has 5 heteroatoms. The summed E-state index contributed by atoms with van der Waals surface area (Å²) in [6, 6.07) is 7.31. The van der Waals surface area contributed by atoms with Crippen molar-refractivity contribution < 1.29 is 4.52 Å². The molecule has 0 N–H and O–H groups in total. The molecular weight excluding hydrogens is 198 g/mol. The van der Waals surface area contributed by atoms with E-state index in [0.717, 1.165) is 11.3 Å². The fourth-order valence-corrected chi connectivity index (χ4v) is 1.14. The third-order valence-electron chi connectivity index (χ3n) is 1.66. The van der Waals surface area contributed by atoms with Crippen molar-refractivity contribution in [1.82, 2.24) is 10.1 Å². The van der Waals surface area contributed by atoms with E-state index >= 15 is 0 Å². The average Bonchev–Trinajstić information content (AvgIpc) is 2.72. The summed E-state index contributed by atoms with van der Waals surface area (Å²) in [6.45, 7) is 0. The molecule has 1 heterocycles. The predicted molar refractivity (Wildman–Crippen MR) is 54.4 cm³/mol. The molecule has 0 atom stereocenters. The van der Waals surface area contributed by atoms with Crippen molar-refractivity contribution in [3.63, 3.8) is 0 Å². The van der Waals surface area contributed by atoms with Gasteiger partial charge in [0.2, 0.25) is 12.2 Å². The topological polar surface area (TPSA) is 51.3 Å². The molecular formula is C9H5N3OS. The second-order valence-corrected chi connectivity index (χ2v) is 2.69. The van der Waals surface area contributed by atoms with Crippen LogP contribution in [-0.2, 0) is 0 Å². The Morgan fingerprint density at radius 2 is 2.07 bits per heavy atom. The minimum Gasteiger partial charge on any atom is -0.342 e. The zero-order chi connectivity index (χ0) is 9.80. The Bertz CT molecular complexity index is 457. The third-order valence-corrected chi connectivity index (χ3v) is 1.75. The van der Waals surface area contributed by atoms with Crippen LogP contribution in [0.25, 0.3) is 11.4 Å². The van der Waals surface area contributed by atoms with Crippen molar-refractivity contribution in [3.05, 3.63) is 30.7 Å². The van der Waals surface area contributed by atoms with Gasteiger partial charge >= 0.3 is 0 Å². The van der Waals surface area contributed by atoms with Gasteiger partial charge in [0.25, 0.3) is 0 Å². The molecule has 1 aromatic heterocycles. The first-order valence-electron chi connectivity index (χ1n) is 3.85. The quantitative estimate of drug-likeness (QED) is 0.555. The minimum absolute atomic E-state index is 0.558. The van der Waals surface area contributed by atoms with E-state index in [4.69, 9.17) is 0 Å². The lowest BCUT2D eigenvalue weighted by Crippen LogP contribution is -1.78. The first kappa shape index (κ1) is 8.74. The Morgan fingerprint density at radius 3 is 2.64 bits per heavy atom. The highest BCUT2D eigenvalue weighted by atomic mass is 32.1. The Morgan fingerprint density at radius 1 is 1.29 bits per heavy atom. The number of aliphatic imine (C=N–C) groups is 1. The van der Waals surface area contributed by atoms with Gasteiger partial charge in [0.1, 0.15) is 0 Å². The second-order valence-electron chi connectivity index (χ2n) is 2.50. The van der Waals surface area contributed by atoms with Gasteiger partial charge in [-0.25, -0.2) is 0 Å². The van der Waals surface area contributed by atoms with E-state index in [0.29, 0.717) is 5.82 Å². The molecule has 0 spiro atoms. The van der Waals surface area contributed by atoms with Gasteiger partial charge in [-0.15, -0.1) is 0 Å². The summed E-state index contributed by atoms with van der Waals surface area (Å²) in [5.41, 5.74) is 1.63. The lowest BCUT2D eigenvalue weighted by atomic mass is 10.2. The highest BCUT2D eigenvalue weighted by Gasteiger charge is 2.01. The third kappa shape index (κ3) is 1.74. The largest absolute Gasteiger partial charge is 0.342 e. The van der Waals surface area contributed by atoms with Crippen molar-refractivity contribution in [2.24, 2.45) is 4.99 Å². The molecule has 4 nitrogen and oxygen atoms in total. The summed E-state index contributed by atoms with van der Waals surface area (Å²) >= 11 is 4.49. The summed E-state index contributed by atoms with van der Waals surface area (Å²) < 4.78 is 4.63. The van der Waals surface area contributed by atoms with Crippen LogP contribution in [0.4, 0.5) is 5.69 Å². The number of nitrogens with zero attached hydrogens (tertiary/aromatic N) is 3. The van der Waals surface area contributed by atoms with Crippen LogP contribution in [0.15, 0.2) is 40.2 Å². The lowest BCUT2D eigenvalue weighted by Gasteiger charge is -1.93. The van der Waals surface area contributed by atoms with E-state index in [-0.39, 0.29) is 0 Å². The Labute approximate surface area is 85.3 Å². The van der Waals surface area contributed by atoms with Gasteiger partial charge in [0.15, 0.2) is 0 Å². The number of rotatable bonds is 2. The lowest BCUT2D eigenvalue weighted by molar-refractivity contribution is 0.419. The monoisotopic (exact) mass is 203 g/mol. The number of hydrogen-bond donors (Lipinski definition) is 0. The fourth-order valence-electron chi connectivity index (χ4n) is 1.04. The van der Waals surface area contributed by atoms with E-state index in [2.05, 4.69) is 37.0 Å². The van der Waals surface area contributed by atoms with Gasteiger partial charge in [0, 0.05) is 5.56 Å². The fraction of sp³-hybridized carbons (Fsp3) is 0. The van der Waals surface area contributed by atoms with E-state index in [1.165, 1.54) is 6.39 Å². The van der Waals surface area contributed by atoms with Gasteiger partial charge in [-0.2, -0.15) is 9.98 Å². The minimum atomic E-state index is 0.558. The molecule has 0 saturated carbocycles. The molecule has 1 aromatic carbocycles. The zero-order valence-corrected chi connectivity index (χ0v) is 7.86. The maximum absolute atomic E-state index is 4.63. The van der Waals surface area contributed by atoms with Crippen LogP contribution in [0.2, 0.25) is 0 Å². The molecule has 2 rings (SSSR count). The molecule has 0 unspecified atom stereocenters. The van der Waals surface area contributed by atoms with Crippen LogP contribution in [0.1, 0.15) is 0 Å². The van der Waals surface area contributed by atoms with E-state index < -0.39 is 0 Å². The Hall–Kier alpha value is -1.84. The number of benzene rings is 1. The summed E-state index contributed by atoms with van der Waals surface area (Å²) in [5.74, 6) is 0.558. The van der Waals surface area contributed by atoms with Gasteiger partial charge in [-0.05, 0) is 36.5 Å². The molecule has 0 aliphatic rings. The summed E-state index contributed by atoms with van der Waals surface area (Å²) in [4.78, 5) is 7.75.